The van der Waals surface area contributed by atoms with E-state index in [1.165, 1.54) is 77.0 Å². The molecule has 0 radical (unpaired) electrons. The highest BCUT2D eigenvalue weighted by molar-refractivity contribution is 7.47. The summed E-state index contributed by atoms with van der Waals surface area (Å²) in [5, 5.41) is 10.5. The van der Waals surface area contributed by atoms with Crippen LogP contribution in [0.15, 0.2) is 0 Å². The summed E-state index contributed by atoms with van der Waals surface area (Å²) in [5.41, 5.74) is 0. The summed E-state index contributed by atoms with van der Waals surface area (Å²) < 4.78 is 67.3. The van der Waals surface area contributed by atoms with Crippen molar-refractivity contribution in [2.45, 2.75) is 291 Å². The van der Waals surface area contributed by atoms with E-state index in [1.54, 1.807) is 0 Å². The van der Waals surface area contributed by atoms with Crippen molar-refractivity contribution < 1.29 is 80.2 Å². The Balaban J connectivity index is 5.16. The summed E-state index contributed by atoms with van der Waals surface area (Å²) in [7, 11) is -9.86. The highest BCUT2D eigenvalue weighted by atomic mass is 31.2. The van der Waals surface area contributed by atoms with Gasteiger partial charge in [-0.25, -0.2) is 9.13 Å². The van der Waals surface area contributed by atoms with Gasteiger partial charge >= 0.3 is 39.5 Å². The van der Waals surface area contributed by atoms with Crippen molar-refractivity contribution >= 4 is 39.5 Å². The number of unbranched alkanes of at least 4 members (excludes halogenated alkanes) is 27. The second-order valence-electron chi connectivity index (χ2n) is 20.6. The Morgan fingerprint density at radius 1 is 0.373 bits per heavy atom. The molecule has 444 valence electrons. The summed E-state index contributed by atoms with van der Waals surface area (Å²) in [6.45, 7) is 7.01. The molecule has 0 amide bonds. The molecule has 0 aliphatic carbocycles. The van der Waals surface area contributed by atoms with Gasteiger partial charge in [0.2, 0.25) is 0 Å². The molecule has 17 nitrogen and oxygen atoms in total. The molecule has 0 fully saturated rings. The maximum atomic E-state index is 12.9. The number of carbonyl (C=O) groups is 4. The SMILES string of the molecule is CCCCCCCCCCC(=O)OC[C@H](COP(=O)(O)OC[C@@H](O)COP(=O)(O)OC[C@@H](COC(=O)CCCCCCC)OC(=O)CCCCCCCCCC)OC(=O)CCCCCCCCCCCCC(C)CC. The highest BCUT2D eigenvalue weighted by Gasteiger charge is 2.30. The number of rotatable bonds is 56. The average Bonchev–Trinajstić information content (AvgIpc) is 3.38. The molecule has 0 bridgehead atoms. The van der Waals surface area contributed by atoms with Crippen LogP contribution >= 0.6 is 15.6 Å². The highest BCUT2D eigenvalue weighted by Crippen LogP contribution is 2.45. The Hall–Kier alpha value is -1.94. The van der Waals surface area contributed by atoms with Gasteiger partial charge in [0, 0.05) is 25.7 Å². The van der Waals surface area contributed by atoms with Crippen molar-refractivity contribution in [1.29, 1.82) is 0 Å². The van der Waals surface area contributed by atoms with Crippen LogP contribution in [0.2, 0.25) is 0 Å². The second-order valence-corrected chi connectivity index (χ2v) is 23.5. The predicted octanol–water partition coefficient (Wildman–Crippen LogP) is 14.7. The first-order chi connectivity index (χ1) is 36.1. The van der Waals surface area contributed by atoms with Crippen LogP contribution in [0.25, 0.3) is 0 Å². The molecule has 0 rings (SSSR count). The van der Waals surface area contributed by atoms with E-state index < -0.39 is 97.5 Å². The van der Waals surface area contributed by atoms with E-state index in [-0.39, 0.29) is 25.7 Å². The summed E-state index contributed by atoms with van der Waals surface area (Å²) in [5.74, 6) is -1.36. The normalized spacial score (nSPS) is 14.8. The first-order valence-electron chi connectivity index (χ1n) is 29.7. The Morgan fingerprint density at radius 3 is 0.947 bits per heavy atom. The number of hydrogen-bond acceptors (Lipinski definition) is 15. The van der Waals surface area contributed by atoms with Gasteiger partial charge in [0.05, 0.1) is 26.4 Å². The van der Waals surface area contributed by atoms with E-state index in [2.05, 4.69) is 34.6 Å². The number of phosphoric acid groups is 2. The molecule has 0 aromatic rings. The lowest BCUT2D eigenvalue weighted by atomic mass is 9.99. The number of phosphoric ester groups is 2. The minimum atomic E-state index is -4.93. The fourth-order valence-electron chi connectivity index (χ4n) is 8.14. The van der Waals surface area contributed by atoms with Gasteiger partial charge in [0.1, 0.15) is 19.3 Å². The van der Waals surface area contributed by atoms with Gasteiger partial charge < -0.3 is 33.8 Å². The first-order valence-corrected chi connectivity index (χ1v) is 32.7. The van der Waals surface area contributed by atoms with Crippen LogP contribution in [0, 0.1) is 5.92 Å². The Labute approximate surface area is 454 Å². The number of aliphatic hydroxyl groups is 1. The number of hydrogen-bond donors (Lipinski definition) is 3. The molecule has 0 spiro atoms. The largest absolute Gasteiger partial charge is 0.472 e. The van der Waals surface area contributed by atoms with Crippen molar-refractivity contribution in [2.75, 3.05) is 39.6 Å². The van der Waals surface area contributed by atoms with E-state index in [1.807, 2.05) is 0 Å². The smallest absolute Gasteiger partial charge is 0.462 e. The fourth-order valence-corrected chi connectivity index (χ4v) is 9.71. The van der Waals surface area contributed by atoms with Crippen LogP contribution in [0.1, 0.15) is 272 Å². The lowest BCUT2D eigenvalue weighted by molar-refractivity contribution is -0.161. The van der Waals surface area contributed by atoms with Crippen molar-refractivity contribution in [2.24, 2.45) is 5.92 Å². The molecule has 0 aromatic carbocycles. The molecule has 0 aliphatic rings. The van der Waals surface area contributed by atoms with Gasteiger partial charge in [0.25, 0.3) is 0 Å². The minimum absolute atomic E-state index is 0.104. The summed E-state index contributed by atoms with van der Waals surface area (Å²) in [6.07, 6.45) is 31.1. The van der Waals surface area contributed by atoms with Crippen LogP contribution in [0.4, 0.5) is 0 Å². The molecule has 3 unspecified atom stereocenters. The monoisotopic (exact) mass is 1110 g/mol. The Morgan fingerprint density at radius 2 is 0.640 bits per heavy atom. The van der Waals surface area contributed by atoms with Gasteiger partial charge in [-0.05, 0) is 31.6 Å². The number of ether oxygens (including phenoxy) is 4. The van der Waals surface area contributed by atoms with E-state index >= 15 is 0 Å². The van der Waals surface area contributed by atoms with Gasteiger partial charge in [-0.3, -0.25) is 37.3 Å². The molecule has 3 N–H and O–H groups in total. The van der Waals surface area contributed by atoms with Crippen molar-refractivity contribution in [1.82, 2.24) is 0 Å². The topological polar surface area (TPSA) is 237 Å². The zero-order chi connectivity index (χ0) is 55.7. The maximum absolute atomic E-state index is 12.9. The lowest BCUT2D eigenvalue weighted by Crippen LogP contribution is -2.30. The third kappa shape index (κ3) is 50.1. The van der Waals surface area contributed by atoms with Crippen molar-refractivity contribution in [3.05, 3.63) is 0 Å². The third-order valence-electron chi connectivity index (χ3n) is 13.1. The number of esters is 4. The average molecular weight is 1120 g/mol. The summed E-state index contributed by atoms with van der Waals surface area (Å²) in [6, 6.07) is 0. The quantitative estimate of drug-likeness (QED) is 0.0222. The molecule has 0 aromatic heterocycles. The molecule has 19 heteroatoms. The molecule has 0 saturated heterocycles. The molecule has 75 heavy (non-hydrogen) atoms. The van der Waals surface area contributed by atoms with E-state index in [0.29, 0.717) is 25.7 Å². The fraction of sp³-hybridized carbons (Fsp3) is 0.929. The van der Waals surface area contributed by atoms with Crippen LogP contribution in [0.5, 0.6) is 0 Å². The maximum Gasteiger partial charge on any atom is 0.472 e. The number of carbonyl (C=O) groups excluding carboxylic acids is 4. The van der Waals surface area contributed by atoms with Gasteiger partial charge in [0.15, 0.2) is 12.2 Å². The summed E-state index contributed by atoms with van der Waals surface area (Å²) >= 11 is 0. The Bertz CT molecular complexity index is 1490. The zero-order valence-corrected chi connectivity index (χ0v) is 49.5. The molecule has 6 atom stereocenters. The van der Waals surface area contributed by atoms with E-state index in [9.17, 15) is 43.2 Å². The van der Waals surface area contributed by atoms with Crippen LogP contribution in [0.3, 0.4) is 0 Å². The minimum Gasteiger partial charge on any atom is -0.462 e. The second kappa shape index (κ2) is 50.3. The third-order valence-corrected chi connectivity index (χ3v) is 15.0. The number of aliphatic hydroxyl groups excluding tert-OH is 1. The van der Waals surface area contributed by atoms with Crippen molar-refractivity contribution in [3.8, 4) is 0 Å². The Kier molecular flexibility index (Phi) is 49.0. The van der Waals surface area contributed by atoms with Gasteiger partial charge in [-0.1, -0.05) is 221 Å². The first kappa shape index (κ1) is 73.1. The predicted molar refractivity (Wildman–Crippen MR) is 294 cm³/mol. The van der Waals surface area contributed by atoms with Gasteiger partial charge in [-0.15, -0.1) is 0 Å². The van der Waals surface area contributed by atoms with Crippen LogP contribution in [-0.2, 0) is 65.4 Å². The molecule has 0 heterocycles. The van der Waals surface area contributed by atoms with Crippen molar-refractivity contribution in [3.63, 3.8) is 0 Å². The van der Waals surface area contributed by atoms with E-state index in [4.69, 9.17) is 37.0 Å². The molecular formula is C56H108O17P2. The standard InChI is InChI=1S/C56H108O17P2/c1-6-10-13-16-18-25-30-35-40-54(59)67-46-52(73-56(61)42-37-32-27-23-21-20-22-24-29-33-38-49(5)9-4)48-71-75(64,65)69-44-50(57)43-68-74(62,63)70-47-51(45-66-53(58)39-34-28-15-12-8-3)72-55(60)41-36-31-26-19-17-14-11-7-2/h49-52,57H,6-48H2,1-5H3,(H,62,63)(H,64,65)/t49?,50-,51+,52+/m0/s1. The lowest BCUT2D eigenvalue weighted by Gasteiger charge is -2.21. The zero-order valence-electron chi connectivity index (χ0n) is 47.7. The van der Waals surface area contributed by atoms with Gasteiger partial charge in [-0.2, -0.15) is 0 Å². The molecule has 0 saturated carbocycles. The summed E-state index contributed by atoms with van der Waals surface area (Å²) in [4.78, 5) is 71.4. The van der Waals surface area contributed by atoms with Crippen LogP contribution < -0.4 is 0 Å². The van der Waals surface area contributed by atoms with E-state index in [0.717, 1.165) is 115 Å². The van der Waals surface area contributed by atoms with Crippen LogP contribution in [-0.4, -0.2) is 96.7 Å². The molecular weight excluding hydrogens is 1010 g/mol. The molecule has 0 aliphatic heterocycles.